The number of benzene rings is 1. The summed E-state index contributed by atoms with van der Waals surface area (Å²) in [5.74, 6) is 3.69. The molecule has 0 N–H and O–H groups in total. The summed E-state index contributed by atoms with van der Waals surface area (Å²) in [6.45, 7) is 23.0. The van der Waals surface area contributed by atoms with Gasteiger partial charge < -0.3 is 9.47 Å². The Kier molecular flexibility index (Phi) is 12.8. The Balaban J connectivity index is 1.91. The molecule has 3 atom stereocenters. The predicted molar refractivity (Wildman–Crippen MR) is 167 cm³/mol. The summed E-state index contributed by atoms with van der Waals surface area (Å²) in [5, 5.41) is 0. The maximum Gasteiger partial charge on any atom is 0.312 e. The minimum atomic E-state index is -0.726. The summed E-state index contributed by atoms with van der Waals surface area (Å²) in [4.78, 5) is 24.7. The minimum absolute atomic E-state index is 0.0105. The summed E-state index contributed by atoms with van der Waals surface area (Å²) in [6.07, 6.45) is 13.6. The second kappa shape index (κ2) is 14.9. The lowest BCUT2D eigenvalue weighted by molar-refractivity contribution is -0.140. The van der Waals surface area contributed by atoms with Gasteiger partial charge in [0.05, 0.1) is 6.42 Å². The standard InChI is InChI=1S/C36H60O4/c1-24(2)15-12-16-25(3)17-13-18-26(4)19-14-21-36(11)22-20-31-29(7)33(27(5)28(6)34(31)40-36)39-32(38)23-35(9,10)30(8)37/h24-26H,12-23H2,1-11H3. The molecule has 0 radical (unpaired) electrons. The second-order valence-corrected chi connectivity index (χ2v) is 14.5. The number of fused-ring (bicyclic) bond motifs is 1. The number of hydrogen-bond donors (Lipinski definition) is 0. The summed E-state index contributed by atoms with van der Waals surface area (Å²) in [6, 6.07) is 0. The van der Waals surface area contributed by atoms with E-state index in [1.54, 1.807) is 13.8 Å². The van der Waals surface area contributed by atoms with Crippen LogP contribution in [-0.2, 0) is 16.0 Å². The van der Waals surface area contributed by atoms with E-state index in [1.165, 1.54) is 58.3 Å². The van der Waals surface area contributed by atoms with Gasteiger partial charge in [-0.15, -0.1) is 0 Å². The van der Waals surface area contributed by atoms with Crippen LogP contribution in [0.25, 0.3) is 0 Å². The van der Waals surface area contributed by atoms with Crippen LogP contribution in [0.2, 0.25) is 0 Å². The maximum absolute atomic E-state index is 12.7. The largest absolute Gasteiger partial charge is 0.487 e. The molecule has 0 aliphatic carbocycles. The van der Waals surface area contributed by atoms with E-state index in [-0.39, 0.29) is 23.8 Å². The molecule has 1 heterocycles. The monoisotopic (exact) mass is 556 g/mol. The lowest BCUT2D eigenvalue weighted by Gasteiger charge is -2.38. The van der Waals surface area contributed by atoms with E-state index in [9.17, 15) is 9.59 Å². The van der Waals surface area contributed by atoms with Crippen LogP contribution in [0.15, 0.2) is 0 Å². The lowest BCUT2D eigenvalue weighted by atomic mass is 9.83. The third-order valence-electron chi connectivity index (χ3n) is 9.59. The van der Waals surface area contributed by atoms with Crippen molar-refractivity contribution in [2.75, 3.05) is 0 Å². The van der Waals surface area contributed by atoms with Gasteiger partial charge in [0.1, 0.15) is 22.9 Å². The van der Waals surface area contributed by atoms with E-state index >= 15 is 0 Å². The van der Waals surface area contributed by atoms with Gasteiger partial charge in [-0.2, -0.15) is 0 Å². The number of esters is 1. The number of hydrogen-bond acceptors (Lipinski definition) is 4. The molecule has 1 aliphatic rings. The summed E-state index contributed by atoms with van der Waals surface area (Å²) < 4.78 is 12.6. The van der Waals surface area contributed by atoms with Crippen LogP contribution in [0, 0.1) is 43.9 Å². The van der Waals surface area contributed by atoms with Crippen molar-refractivity contribution in [2.45, 2.75) is 159 Å². The van der Waals surface area contributed by atoms with Crippen LogP contribution in [0.4, 0.5) is 0 Å². The van der Waals surface area contributed by atoms with Crippen molar-refractivity contribution in [1.29, 1.82) is 0 Å². The van der Waals surface area contributed by atoms with Crippen molar-refractivity contribution < 1.29 is 19.1 Å². The van der Waals surface area contributed by atoms with E-state index in [4.69, 9.17) is 9.47 Å². The molecule has 0 amide bonds. The Morgan fingerprint density at radius 3 is 1.98 bits per heavy atom. The third kappa shape index (κ3) is 9.91. The molecule has 0 saturated heterocycles. The fourth-order valence-corrected chi connectivity index (χ4v) is 6.05. The van der Waals surface area contributed by atoms with E-state index in [1.807, 2.05) is 13.8 Å². The highest BCUT2D eigenvalue weighted by molar-refractivity contribution is 5.87. The molecule has 0 saturated carbocycles. The van der Waals surface area contributed by atoms with E-state index in [0.29, 0.717) is 5.75 Å². The van der Waals surface area contributed by atoms with Gasteiger partial charge in [-0.3, -0.25) is 9.59 Å². The molecule has 0 fully saturated rings. The minimum Gasteiger partial charge on any atom is -0.487 e. The van der Waals surface area contributed by atoms with Gasteiger partial charge in [0, 0.05) is 11.0 Å². The summed E-state index contributed by atoms with van der Waals surface area (Å²) in [5.41, 5.74) is 3.25. The third-order valence-corrected chi connectivity index (χ3v) is 9.59. The molecule has 0 aromatic heterocycles. The fraction of sp³-hybridized carbons (Fsp3) is 0.778. The smallest absolute Gasteiger partial charge is 0.312 e. The first-order valence-corrected chi connectivity index (χ1v) is 16.1. The average molecular weight is 557 g/mol. The fourth-order valence-electron chi connectivity index (χ4n) is 6.05. The Morgan fingerprint density at radius 2 is 1.43 bits per heavy atom. The van der Waals surface area contributed by atoms with Crippen molar-refractivity contribution in [1.82, 2.24) is 0 Å². The molecular weight excluding hydrogens is 496 g/mol. The number of rotatable bonds is 16. The normalized spacial score (nSPS) is 18.7. The van der Waals surface area contributed by atoms with Gasteiger partial charge in [-0.05, 0) is 94.7 Å². The molecule has 4 heteroatoms. The molecule has 0 bridgehead atoms. The topological polar surface area (TPSA) is 52.6 Å². The molecule has 1 aromatic rings. The van der Waals surface area contributed by atoms with Crippen LogP contribution in [0.1, 0.15) is 148 Å². The first kappa shape index (κ1) is 34.4. The van der Waals surface area contributed by atoms with Crippen molar-refractivity contribution in [3.8, 4) is 11.5 Å². The van der Waals surface area contributed by atoms with Crippen LogP contribution in [0.3, 0.4) is 0 Å². The van der Waals surface area contributed by atoms with Gasteiger partial charge >= 0.3 is 5.97 Å². The van der Waals surface area contributed by atoms with Crippen molar-refractivity contribution in [3.63, 3.8) is 0 Å². The van der Waals surface area contributed by atoms with Gasteiger partial charge in [-0.25, -0.2) is 0 Å². The Hall–Kier alpha value is -1.84. The van der Waals surface area contributed by atoms with Crippen LogP contribution >= 0.6 is 0 Å². The van der Waals surface area contributed by atoms with Gasteiger partial charge in [-0.1, -0.05) is 86.5 Å². The summed E-state index contributed by atoms with van der Waals surface area (Å²) >= 11 is 0. The molecule has 0 spiro atoms. The molecule has 3 unspecified atom stereocenters. The molecule has 1 aromatic carbocycles. The highest BCUT2D eigenvalue weighted by atomic mass is 16.5. The number of ketones is 1. The molecule has 228 valence electrons. The van der Waals surface area contributed by atoms with Crippen molar-refractivity contribution in [2.24, 2.45) is 23.2 Å². The van der Waals surface area contributed by atoms with Gasteiger partial charge in [0.25, 0.3) is 0 Å². The number of Topliss-reactive ketones (excluding diaryl/α,β-unsaturated/α-hetero) is 1. The van der Waals surface area contributed by atoms with Crippen molar-refractivity contribution in [3.05, 3.63) is 22.3 Å². The number of carbonyl (C=O) groups is 2. The molecule has 2 rings (SSSR count). The molecule has 40 heavy (non-hydrogen) atoms. The SMILES string of the molecule is CC(=O)C(C)(C)CC(=O)Oc1c(C)c(C)c2c(c1C)CCC(C)(CCCC(C)CCCC(C)CCCC(C)C)O2. The molecule has 1 aliphatic heterocycles. The second-order valence-electron chi connectivity index (χ2n) is 14.5. The molecule has 4 nitrogen and oxygen atoms in total. The van der Waals surface area contributed by atoms with Gasteiger partial charge in [0.2, 0.25) is 0 Å². The van der Waals surface area contributed by atoms with Gasteiger partial charge in [0.15, 0.2) is 0 Å². The first-order chi connectivity index (χ1) is 18.6. The Bertz CT molecular complexity index is 1000. The quantitative estimate of drug-likeness (QED) is 0.150. The number of ether oxygens (including phenoxy) is 2. The van der Waals surface area contributed by atoms with Crippen LogP contribution in [-0.4, -0.2) is 17.4 Å². The maximum atomic E-state index is 12.7. The lowest BCUT2D eigenvalue weighted by Crippen LogP contribution is -2.37. The number of carbonyl (C=O) groups excluding carboxylic acids is 2. The van der Waals surface area contributed by atoms with Crippen LogP contribution < -0.4 is 9.47 Å². The zero-order chi connectivity index (χ0) is 30.3. The Labute approximate surface area is 246 Å². The van der Waals surface area contributed by atoms with Crippen molar-refractivity contribution >= 4 is 11.8 Å². The average Bonchev–Trinajstić information content (AvgIpc) is 2.84. The highest BCUT2D eigenvalue weighted by Crippen LogP contribution is 2.45. The Morgan fingerprint density at radius 1 is 0.875 bits per heavy atom. The highest BCUT2D eigenvalue weighted by Gasteiger charge is 2.35. The zero-order valence-corrected chi connectivity index (χ0v) is 27.9. The van der Waals surface area contributed by atoms with E-state index in [0.717, 1.165) is 65.0 Å². The predicted octanol–water partition coefficient (Wildman–Crippen LogP) is 10.0. The molecular formula is C36H60O4. The first-order valence-electron chi connectivity index (χ1n) is 16.1. The van der Waals surface area contributed by atoms with E-state index < -0.39 is 5.41 Å². The van der Waals surface area contributed by atoms with Crippen LogP contribution in [0.5, 0.6) is 11.5 Å². The zero-order valence-electron chi connectivity index (χ0n) is 27.9. The van der Waals surface area contributed by atoms with E-state index in [2.05, 4.69) is 41.5 Å². The summed E-state index contributed by atoms with van der Waals surface area (Å²) in [7, 11) is 0.